The summed E-state index contributed by atoms with van der Waals surface area (Å²) < 4.78 is 1.57. The van der Waals surface area contributed by atoms with E-state index in [-0.39, 0.29) is 20.8 Å². The highest BCUT2D eigenvalue weighted by molar-refractivity contribution is 9.10. The predicted molar refractivity (Wildman–Crippen MR) is 63.4 cm³/mol. The zero-order valence-electron chi connectivity index (χ0n) is 7.72. The van der Waals surface area contributed by atoms with E-state index in [2.05, 4.69) is 36.0 Å². The molecule has 2 aromatic heterocycles. The van der Waals surface area contributed by atoms with Gasteiger partial charge in [0.05, 0.1) is 6.33 Å². The summed E-state index contributed by atoms with van der Waals surface area (Å²) in [6.45, 7) is 0. The Kier molecular flexibility index (Phi) is 2.79. The van der Waals surface area contributed by atoms with Gasteiger partial charge in [0.15, 0.2) is 5.82 Å². The molecule has 0 radical (unpaired) electrons. The van der Waals surface area contributed by atoms with Gasteiger partial charge in [-0.1, -0.05) is 12.2 Å². The standard InChI is InChI=1S/C7H5BrN6OS/c8-3-6(10-1-11-7(3)15)14-2-12-5(13-14)4(9)16/h1-2H,(H2,9,16)(H,10,11,15). The molecule has 0 saturated carbocycles. The molecule has 82 valence electrons. The van der Waals surface area contributed by atoms with Gasteiger partial charge >= 0.3 is 0 Å². The first-order chi connectivity index (χ1) is 7.59. The zero-order chi connectivity index (χ0) is 11.7. The lowest BCUT2D eigenvalue weighted by molar-refractivity contribution is 0.824. The Morgan fingerprint density at radius 3 is 2.94 bits per heavy atom. The number of hydrogen-bond donors (Lipinski definition) is 2. The second-order valence-corrected chi connectivity index (χ2v) is 3.98. The Morgan fingerprint density at radius 1 is 1.56 bits per heavy atom. The van der Waals surface area contributed by atoms with Gasteiger partial charge in [0.25, 0.3) is 5.56 Å². The van der Waals surface area contributed by atoms with E-state index in [4.69, 9.17) is 18.0 Å². The first kappa shape index (κ1) is 10.9. The average Bonchev–Trinajstić information content (AvgIpc) is 2.71. The minimum Gasteiger partial charge on any atom is -0.387 e. The van der Waals surface area contributed by atoms with Gasteiger partial charge in [-0.15, -0.1) is 5.10 Å². The Morgan fingerprint density at radius 2 is 2.31 bits per heavy atom. The van der Waals surface area contributed by atoms with Crippen molar-refractivity contribution in [2.24, 2.45) is 5.73 Å². The summed E-state index contributed by atoms with van der Waals surface area (Å²) in [6, 6.07) is 0. The van der Waals surface area contributed by atoms with Gasteiger partial charge in [0, 0.05) is 0 Å². The average molecular weight is 301 g/mol. The van der Waals surface area contributed by atoms with Gasteiger partial charge in [-0.2, -0.15) is 0 Å². The molecule has 3 N–H and O–H groups in total. The number of nitrogens with two attached hydrogens (primary N) is 1. The fourth-order valence-electron chi connectivity index (χ4n) is 1.01. The van der Waals surface area contributed by atoms with Crippen LogP contribution in [0.4, 0.5) is 0 Å². The highest BCUT2D eigenvalue weighted by atomic mass is 79.9. The summed E-state index contributed by atoms with van der Waals surface area (Å²) in [6.07, 6.45) is 2.64. The fourth-order valence-corrected chi connectivity index (χ4v) is 1.50. The van der Waals surface area contributed by atoms with Crippen LogP contribution >= 0.6 is 28.1 Å². The van der Waals surface area contributed by atoms with E-state index in [9.17, 15) is 4.79 Å². The maximum Gasteiger partial charge on any atom is 0.267 e. The molecule has 0 aliphatic carbocycles. The molecular weight excluding hydrogens is 296 g/mol. The zero-order valence-corrected chi connectivity index (χ0v) is 10.1. The number of rotatable bonds is 2. The Balaban J connectivity index is 2.55. The van der Waals surface area contributed by atoms with Gasteiger partial charge < -0.3 is 10.7 Å². The number of H-pyrrole nitrogens is 1. The molecular formula is C7H5BrN6OS. The number of halogens is 1. The summed E-state index contributed by atoms with van der Waals surface area (Å²) >= 11 is 7.83. The Labute approximate surface area is 103 Å². The third-order valence-electron chi connectivity index (χ3n) is 1.71. The smallest absolute Gasteiger partial charge is 0.267 e. The second-order valence-electron chi connectivity index (χ2n) is 2.75. The SMILES string of the molecule is NC(=S)c1ncn(-c2nc[nH]c(=O)c2Br)n1. The van der Waals surface area contributed by atoms with E-state index in [1.165, 1.54) is 17.3 Å². The van der Waals surface area contributed by atoms with Crippen LogP contribution < -0.4 is 11.3 Å². The molecule has 0 aliphatic rings. The molecule has 0 aliphatic heterocycles. The van der Waals surface area contributed by atoms with Crippen LogP contribution in [0, 0.1) is 0 Å². The van der Waals surface area contributed by atoms with E-state index < -0.39 is 0 Å². The number of nitrogens with one attached hydrogen (secondary N) is 1. The lowest BCUT2D eigenvalue weighted by atomic mass is 10.6. The number of hydrogen-bond acceptors (Lipinski definition) is 5. The van der Waals surface area contributed by atoms with Crippen molar-refractivity contribution in [2.45, 2.75) is 0 Å². The molecule has 2 heterocycles. The summed E-state index contributed by atoms with van der Waals surface area (Å²) in [5.74, 6) is 0.544. The topological polar surface area (TPSA) is 102 Å². The van der Waals surface area contributed by atoms with Crippen molar-refractivity contribution in [2.75, 3.05) is 0 Å². The van der Waals surface area contributed by atoms with Crippen molar-refractivity contribution in [1.82, 2.24) is 24.7 Å². The first-order valence-electron chi connectivity index (χ1n) is 4.04. The summed E-state index contributed by atoms with van der Waals surface area (Å²) in [4.78, 5) is 21.6. The van der Waals surface area contributed by atoms with Crippen LogP contribution in [0.5, 0.6) is 0 Å². The predicted octanol–water partition coefficient (Wildman–Crippen LogP) is -0.253. The molecule has 0 amide bonds. The van der Waals surface area contributed by atoms with Crippen LogP contribution in [0.15, 0.2) is 21.9 Å². The highest BCUT2D eigenvalue weighted by Gasteiger charge is 2.10. The van der Waals surface area contributed by atoms with Crippen LogP contribution in [0.2, 0.25) is 0 Å². The van der Waals surface area contributed by atoms with Crippen LogP contribution in [-0.2, 0) is 0 Å². The highest BCUT2D eigenvalue weighted by Crippen LogP contribution is 2.11. The minimum absolute atomic E-state index is 0.0831. The van der Waals surface area contributed by atoms with Gasteiger partial charge in [0.1, 0.15) is 15.8 Å². The van der Waals surface area contributed by atoms with Crippen molar-refractivity contribution in [1.29, 1.82) is 0 Å². The Hall–Kier alpha value is -1.61. The molecule has 0 unspecified atom stereocenters. The molecule has 0 aromatic carbocycles. The Bertz CT molecular complexity index is 605. The normalized spacial score (nSPS) is 10.3. The van der Waals surface area contributed by atoms with E-state index in [0.29, 0.717) is 5.82 Å². The molecule has 2 rings (SSSR count). The quantitative estimate of drug-likeness (QED) is 0.741. The third kappa shape index (κ3) is 1.86. The maximum atomic E-state index is 11.3. The molecule has 2 aromatic rings. The molecule has 0 atom stereocenters. The van der Waals surface area contributed by atoms with E-state index in [1.54, 1.807) is 0 Å². The van der Waals surface area contributed by atoms with Crippen LogP contribution in [0.1, 0.15) is 5.82 Å². The van der Waals surface area contributed by atoms with Crippen molar-refractivity contribution in [3.05, 3.63) is 33.3 Å². The molecule has 0 spiro atoms. The van der Waals surface area contributed by atoms with Crippen molar-refractivity contribution in [3.8, 4) is 5.82 Å². The minimum atomic E-state index is -0.308. The lowest BCUT2D eigenvalue weighted by Crippen LogP contribution is -2.14. The van der Waals surface area contributed by atoms with Crippen molar-refractivity contribution >= 4 is 33.1 Å². The van der Waals surface area contributed by atoms with E-state index in [1.807, 2.05) is 0 Å². The number of aromatic nitrogens is 5. The van der Waals surface area contributed by atoms with E-state index in [0.717, 1.165) is 0 Å². The van der Waals surface area contributed by atoms with Gasteiger partial charge in [0.2, 0.25) is 5.82 Å². The van der Waals surface area contributed by atoms with Gasteiger partial charge in [-0.3, -0.25) is 4.79 Å². The van der Waals surface area contributed by atoms with Crippen LogP contribution in [-0.4, -0.2) is 29.7 Å². The van der Waals surface area contributed by atoms with Crippen molar-refractivity contribution < 1.29 is 0 Å². The third-order valence-corrected chi connectivity index (χ3v) is 2.60. The van der Waals surface area contributed by atoms with Gasteiger partial charge in [-0.05, 0) is 15.9 Å². The number of aromatic amines is 1. The van der Waals surface area contributed by atoms with Crippen molar-refractivity contribution in [3.63, 3.8) is 0 Å². The van der Waals surface area contributed by atoms with Crippen LogP contribution in [0.3, 0.4) is 0 Å². The van der Waals surface area contributed by atoms with Crippen LogP contribution in [0.25, 0.3) is 5.82 Å². The second kappa shape index (κ2) is 4.10. The first-order valence-corrected chi connectivity index (χ1v) is 5.24. The lowest BCUT2D eigenvalue weighted by Gasteiger charge is -1.99. The monoisotopic (exact) mass is 300 g/mol. The molecule has 7 nitrogen and oxygen atoms in total. The summed E-state index contributed by atoms with van der Waals surface area (Å²) in [5, 5.41) is 3.98. The van der Waals surface area contributed by atoms with E-state index >= 15 is 0 Å². The van der Waals surface area contributed by atoms with Gasteiger partial charge in [-0.25, -0.2) is 14.6 Å². The maximum absolute atomic E-state index is 11.3. The molecule has 9 heteroatoms. The molecule has 0 bridgehead atoms. The summed E-state index contributed by atoms with van der Waals surface area (Å²) in [5.41, 5.74) is 5.06. The number of nitrogens with zero attached hydrogens (tertiary/aromatic N) is 4. The summed E-state index contributed by atoms with van der Waals surface area (Å²) in [7, 11) is 0. The molecule has 16 heavy (non-hydrogen) atoms. The fraction of sp³-hybridized carbons (Fsp3) is 0. The number of thiocarbonyl (C=S) groups is 1. The molecule has 0 saturated heterocycles. The molecule has 0 fully saturated rings. The largest absolute Gasteiger partial charge is 0.387 e.